The van der Waals surface area contributed by atoms with Gasteiger partial charge >= 0.3 is 0 Å². The summed E-state index contributed by atoms with van der Waals surface area (Å²) in [5.74, 6) is 0.904. The van der Waals surface area contributed by atoms with E-state index < -0.39 is 0 Å². The summed E-state index contributed by atoms with van der Waals surface area (Å²) in [7, 11) is 6.59. The second kappa shape index (κ2) is 4.63. The summed E-state index contributed by atoms with van der Waals surface area (Å²) in [6.45, 7) is 8.61. The first-order valence-corrected chi connectivity index (χ1v) is 5.75. The highest BCUT2D eigenvalue weighted by Gasteiger charge is 2.31. The molecule has 2 heteroatoms. The lowest BCUT2D eigenvalue weighted by atomic mass is 9.73. The summed E-state index contributed by atoms with van der Waals surface area (Å²) in [6, 6.07) is 0. The zero-order valence-corrected chi connectivity index (χ0v) is 10.5. The Kier molecular flexibility index (Phi) is 3.96. The van der Waals surface area contributed by atoms with Gasteiger partial charge in [-0.1, -0.05) is 13.8 Å². The van der Waals surface area contributed by atoms with Gasteiger partial charge in [-0.25, -0.2) is 0 Å². The molecule has 2 nitrogen and oxygen atoms in total. The zero-order valence-electron chi connectivity index (χ0n) is 10.5. The fraction of sp³-hybridized carbons (Fsp3) is 1.00. The van der Waals surface area contributed by atoms with Gasteiger partial charge in [0.25, 0.3) is 0 Å². The number of nitrogens with zero attached hydrogens (tertiary/aromatic N) is 2. The number of likely N-dealkylation sites (tertiary alicyclic amines) is 1. The van der Waals surface area contributed by atoms with Crippen molar-refractivity contribution in [3.8, 4) is 0 Å². The summed E-state index contributed by atoms with van der Waals surface area (Å²) < 4.78 is 0. The van der Waals surface area contributed by atoms with Crippen molar-refractivity contribution in [1.82, 2.24) is 9.80 Å². The molecule has 0 aromatic carbocycles. The Morgan fingerprint density at radius 3 is 2.14 bits per heavy atom. The van der Waals surface area contributed by atoms with Gasteiger partial charge in [-0.15, -0.1) is 0 Å². The van der Waals surface area contributed by atoms with E-state index in [1.54, 1.807) is 0 Å². The fourth-order valence-electron chi connectivity index (χ4n) is 2.73. The minimum atomic E-state index is 0.477. The van der Waals surface area contributed by atoms with E-state index >= 15 is 0 Å². The average Bonchev–Trinajstić information content (AvgIpc) is 2.02. The van der Waals surface area contributed by atoms with E-state index in [0.717, 1.165) is 5.92 Å². The van der Waals surface area contributed by atoms with Crippen molar-refractivity contribution in [1.29, 1.82) is 0 Å². The summed E-state index contributed by atoms with van der Waals surface area (Å²) in [6.07, 6.45) is 2.74. The molecule has 0 radical (unpaired) electrons. The highest BCUT2D eigenvalue weighted by molar-refractivity contribution is 4.84. The van der Waals surface area contributed by atoms with Crippen LogP contribution in [-0.2, 0) is 0 Å². The Bertz CT molecular complexity index is 167. The molecule has 0 spiro atoms. The van der Waals surface area contributed by atoms with Crippen molar-refractivity contribution >= 4 is 0 Å². The van der Waals surface area contributed by atoms with Crippen LogP contribution in [0.15, 0.2) is 0 Å². The molecule has 0 N–H and O–H groups in total. The van der Waals surface area contributed by atoms with Crippen molar-refractivity contribution in [2.24, 2.45) is 11.3 Å². The minimum Gasteiger partial charge on any atom is -0.309 e. The molecular weight excluding hydrogens is 172 g/mol. The van der Waals surface area contributed by atoms with E-state index in [4.69, 9.17) is 0 Å². The Morgan fingerprint density at radius 2 is 1.71 bits per heavy atom. The molecule has 1 fully saturated rings. The molecule has 0 atom stereocenters. The summed E-state index contributed by atoms with van der Waals surface area (Å²) >= 11 is 0. The number of rotatable bonds is 3. The van der Waals surface area contributed by atoms with Crippen LogP contribution in [0.1, 0.15) is 26.7 Å². The van der Waals surface area contributed by atoms with Crippen molar-refractivity contribution < 1.29 is 0 Å². The second-order valence-corrected chi connectivity index (χ2v) is 5.80. The third-order valence-corrected chi connectivity index (χ3v) is 3.55. The molecule has 1 aliphatic rings. The van der Waals surface area contributed by atoms with Gasteiger partial charge in [-0.05, 0) is 58.4 Å². The van der Waals surface area contributed by atoms with Crippen molar-refractivity contribution in [3.05, 3.63) is 0 Å². The third-order valence-electron chi connectivity index (χ3n) is 3.55. The van der Waals surface area contributed by atoms with Gasteiger partial charge in [0.2, 0.25) is 0 Å². The Labute approximate surface area is 89.3 Å². The van der Waals surface area contributed by atoms with Gasteiger partial charge in [-0.3, -0.25) is 0 Å². The van der Waals surface area contributed by atoms with Crippen LogP contribution in [0.5, 0.6) is 0 Å². The van der Waals surface area contributed by atoms with Crippen LogP contribution in [0.25, 0.3) is 0 Å². The maximum Gasteiger partial charge on any atom is 0.00293 e. The predicted molar refractivity (Wildman–Crippen MR) is 62.6 cm³/mol. The van der Waals surface area contributed by atoms with Gasteiger partial charge in [0.15, 0.2) is 0 Å². The molecule has 84 valence electrons. The third kappa shape index (κ3) is 3.25. The van der Waals surface area contributed by atoms with E-state index in [2.05, 4.69) is 44.8 Å². The monoisotopic (exact) mass is 198 g/mol. The van der Waals surface area contributed by atoms with Crippen LogP contribution in [0.2, 0.25) is 0 Å². The smallest absolute Gasteiger partial charge is 0.00293 e. The Hall–Kier alpha value is -0.0800. The van der Waals surface area contributed by atoms with Crippen LogP contribution >= 0.6 is 0 Å². The van der Waals surface area contributed by atoms with Crippen molar-refractivity contribution in [3.63, 3.8) is 0 Å². The minimum absolute atomic E-state index is 0.477. The molecule has 0 amide bonds. The summed E-state index contributed by atoms with van der Waals surface area (Å²) in [5.41, 5.74) is 0.477. The Balaban J connectivity index is 2.46. The molecule has 1 rings (SSSR count). The van der Waals surface area contributed by atoms with E-state index in [-0.39, 0.29) is 0 Å². The number of piperidine rings is 1. The van der Waals surface area contributed by atoms with Gasteiger partial charge in [0, 0.05) is 6.54 Å². The zero-order chi connectivity index (χ0) is 10.8. The highest BCUT2D eigenvalue weighted by Crippen LogP contribution is 2.34. The molecule has 0 aromatic heterocycles. The van der Waals surface area contributed by atoms with Gasteiger partial charge in [-0.2, -0.15) is 0 Å². The lowest BCUT2D eigenvalue weighted by Gasteiger charge is -2.41. The standard InChI is InChI=1S/C12H26N2/c1-12(2,10-13(3)4)11-6-8-14(5)9-7-11/h11H,6-10H2,1-5H3. The van der Waals surface area contributed by atoms with E-state index in [9.17, 15) is 0 Å². The number of hydrogen-bond donors (Lipinski definition) is 0. The molecule has 1 aliphatic heterocycles. The molecule has 0 unspecified atom stereocenters. The van der Waals surface area contributed by atoms with Crippen molar-refractivity contribution in [2.45, 2.75) is 26.7 Å². The molecule has 1 saturated heterocycles. The highest BCUT2D eigenvalue weighted by atomic mass is 15.1. The SMILES string of the molecule is CN(C)CC(C)(C)C1CCN(C)CC1. The van der Waals surface area contributed by atoms with Crippen LogP contribution in [0, 0.1) is 11.3 Å². The average molecular weight is 198 g/mol. The molecule has 0 aromatic rings. The first kappa shape index (κ1) is 12.0. The quantitative estimate of drug-likeness (QED) is 0.683. The maximum atomic E-state index is 2.45. The first-order chi connectivity index (χ1) is 6.42. The fourth-order valence-corrected chi connectivity index (χ4v) is 2.73. The van der Waals surface area contributed by atoms with Crippen LogP contribution in [0.3, 0.4) is 0 Å². The van der Waals surface area contributed by atoms with E-state index in [1.165, 1.54) is 32.5 Å². The molecular formula is C12H26N2. The second-order valence-electron chi connectivity index (χ2n) is 5.80. The van der Waals surface area contributed by atoms with Gasteiger partial charge < -0.3 is 9.80 Å². The summed E-state index contributed by atoms with van der Waals surface area (Å²) in [4.78, 5) is 4.76. The van der Waals surface area contributed by atoms with E-state index in [0.29, 0.717) is 5.41 Å². The Morgan fingerprint density at radius 1 is 1.21 bits per heavy atom. The number of hydrogen-bond acceptors (Lipinski definition) is 2. The van der Waals surface area contributed by atoms with E-state index in [1.807, 2.05) is 0 Å². The maximum absolute atomic E-state index is 2.45. The lowest BCUT2D eigenvalue weighted by molar-refractivity contribution is 0.0886. The first-order valence-electron chi connectivity index (χ1n) is 5.75. The molecule has 0 bridgehead atoms. The molecule has 0 saturated carbocycles. The van der Waals surface area contributed by atoms with Crippen LogP contribution in [-0.4, -0.2) is 50.6 Å². The lowest BCUT2D eigenvalue weighted by Crippen LogP contribution is -2.41. The van der Waals surface area contributed by atoms with Gasteiger partial charge in [0.1, 0.15) is 0 Å². The van der Waals surface area contributed by atoms with Gasteiger partial charge in [0.05, 0.1) is 0 Å². The molecule has 0 aliphatic carbocycles. The van der Waals surface area contributed by atoms with Crippen LogP contribution in [0.4, 0.5) is 0 Å². The predicted octanol–water partition coefficient (Wildman–Crippen LogP) is 1.92. The molecule has 14 heavy (non-hydrogen) atoms. The largest absolute Gasteiger partial charge is 0.309 e. The molecule has 1 heterocycles. The van der Waals surface area contributed by atoms with Crippen LogP contribution < -0.4 is 0 Å². The topological polar surface area (TPSA) is 6.48 Å². The normalized spacial score (nSPS) is 21.9. The summed E-state index contributed by atoms with van der Waals surface area (Å²) in [5, 5.41) is 0. The van der Waals surface area contributed by atoms with Crippen molar-refractivity contribution in [2.75, 3.05) is 40.8 Å².